The molecule has 2 rings (SSSR count). The van der Waals surface area contributed by atoms with Gasteiger partial charge in [0.1, 0.15) is 6.61 Å². The summed E-state index contributed by atoms with van der Waals surface area (Å²) < 4.78 is 5.20. The van der Waals surface area contributed by atoms with E-state index in [1.165, 1.54) is 5.56 Å². The third-order valence-corrected chi connectivity index (χ3v) is 4.09. The zero-order valence-corrected chi connectivity index (χ0v) is 14.8. The van der Waals surface area contributed by atoms with Gasteiger partial charge in [-0.15, -0.1) is 0 Å². The fourth-order valence-corrected chi connectivity index (χ4v) is 2.28. The topological polar surface area (TPSA) is 38.3 Å². The summed E-state index contributed by atoms with van der Waals surface area (Å²) in [6.07, 6.45) is -0.539. The maximum Gasteiger partial charge on any atom is 0.411 e. The second-order valence-corrected chi connectivity index (χ2v) is 7.09. The van der Waals surface area contributed by atoms with Crippen molar-refractivity contribution in [1.29, 1.82) is 0 Å². The van der Waals surface area contributed by atoms with Crippen molar-refractivity contribution in [3.05, 3.63) is 63.6 Å². The van der Waals surface area contributed by atoms with Crippen molar-refractivity contribution < 1.29 is 9.53 Å². The van der Waals surface area contributed by atoms with Gasteiger partial charge in [0.15, 0.2) is 0 Å². The lowest BCUT2D eigenvalue weighted by Crippen LogP contribution is -2.14. The molecule has 3 nitrogen and oxygen atoms in total. The van der Waals surface area contributed by atoms with Crippen LogP contribution in [0.5, 0.6) is 0 Å². The molecule has 0 fully saturated rings. The SMILES string of the molecule is CC(C)(C)c1ccc(COC(=O)Nc2ccc(Cl)c(Cl)c2)cc1. The van der Waals surface area contributed by atoms with Crippen LogP contribution in [-0.2, 0) is 16.8 Å². The van der Waals surface area contributed by atoms with E-state index in [0.29, 0.717) is 15.7 Å². The van der Waals surface area contributed by atoms with Gasteiger partial charge in [-0.2, -0.15) is 0 Å². The number of benzene rings is 2. The standard InChI is InChI=1S/C18H19Cl2NO2/c1-18(2,3)13-6-4-12(5-7-13)11-23-17(22)21-14-8-9-15(19)16(20)10-14/h4-10H,11H2,1-3H3,(H,21,22). The Morgan fingerprint density at radius 2 is 1.70 bits per heavy atom. The molecule has 5 heteroatoms. The highest BCUT2D eigenvalue weighted by Crippen LogP contribution is 2.25. The second-order valence-electron chi connectivity index (χ2n) is 6.28. The van der Waals surface area contributed by atoms with E-state index in [0.717, 1.165) is 5.56 Å². The molecule has 0 aliphatic rings. The van der Waals surface area contributed by atoms with Crippen molar-refractivity contribution in [2.75, 3.05) is 5.32 Å². The van der Waals surface area contributed by atoms with Crippen LogP contribution in [0.2, 0.25) is 10.0 Å². The highest BCUT2D eigenvalue weighted by molar-refractivity contribution is 6.42. The van der Waals surface area contributed by atoms with Gasteiger partial charge in [0, 0.05) is 5.69 Å². The van der Waals surface area contributed by atoms with Crippen molar-refractivity contribution >= 4 is 35.0 Å². The molecule has 0 saturated carbocycles. The van der Waals surface area contributed by atoms with Gasteiger partial charge in [0.2, 0.25) is 0 Å². The fourth-order valence-electron chi connectivity index (χ4n) is 1.98. The summed E-state index contributed by atoms with van der Waals surface area (Å²) in [5, 5.41) is 3.42. The van der Waals surface area contributed by atoms with Crippen LogP contribution < -0.4 is 5.32 Å². The van der Waals surface area contributed by atoms with Crippen molar-refractivity contribution in [3.8, 4) is 0 Å². The Hall–Kier alpha value is -1.71. The van der Waals surface area contributed by atoms with E-state index in [9.17, 15) is 4.79 Å². The molecule has 0 unspecified atom stereocenters. The van der Waals surface area contributed by atoms with E-state index < -0.39 is 6.09 Å². The van der Waals surface area contributed by atoms with Gasteiger partial charge in [0.25, 0.3) is 0 Å². The number of hydrogen-bond acceptors (Lipinski definition) is 2. The Kier molecular flexibility index (Phi) is 5.55. The molecule has 1 amide bonds. The van der Waals surface area contributed by atoms with Gasteiger partial charge in [-0.25, -0.2) is 4.79 Å². The van der Waals surface area contributed by atoms with Gasteiger partial charge in [-0.3, -0.25) is 5.32 Å². The lowest BCUT2D eigenvalue weighted by Gasteiger charge is -2.19. The number of ether oxygens (including phenoxy) is 1. The fraction of sp³-hybridized carbons (Fsp3) is 0.278. The first-order valence-corrected chi connectivity index (χ1v) is 7.99. The van der Waals surface area contributed by atoms with Crippen LogP contribution in [-0.4, -0.2) is 6.09 Å². The molecule has 0 radical (unpaired) electrons. The number of anilines is 1. The monoisotopic (exact) mass is 351 g/mol. The number of nitrogens with one attached hydrogen (secondary N) is 1. The van der Waals surface area contributed by atoms with Gasteiger partial charge < -0.3 is 4.74 Å². The summed E-state index contributed by atoms with van der Waals surface area (Å²) in [4.78, 5) is 11.8. The van der Waals surface area contributed by atoms with Crippen molar-refractivity contribution in [1.82, 2.24) is 0 Å². The van der Waals surface area contributed by atoms with E-state index >= 15 is 0 Å². The van der Waals surface area contributed by atoms with E-state index in [4.69, 9.17) is 27.9 Å². The molecular weight excluding hydrogens is 333 g/mol. The summed E-state index contributed by atoms with van der Waals surface area (Å²) >= 11 is 11.7. The molecule has 2 aromatic carbocycles. The van der Waals surface area contributed by atoms with Crippen LogP contribution in [0, 0.1) is 0 Å². The molecule has 0 saturated heterocycles. The Labute approximate surface area is 146 Å². The minimum Gasteiger partial charge on any atom is -0.444 e. The van der Waals surface area contributed by atoms with Crippen molar-refractivity contribution in [2.45, 2.75) is 32.8 Å². The summed E-state index contributed by atoms with van der Waals surface area (Å²) in [6, 6.07) is 12.9. The summed E-state index contributed by atoms with van der Waals surface area (Å²) in [5.74, 6) is 0. The number of hydrogen-bond donors (Lipinski definition) is 1. The average Bonchev–Trinajstić information content (AvgIpc) is 2.48. The smallest absolute Gasteiger partial charge is 0.411 e. The van der Waals surface area contributed by atoms with Crippen LogP contribution in [0.15, 0.2) is 42.5 Å². The Morgan fingerprint density at radius 1 is 1.04 bits per heavy atom. The molecule has 1 N–H and O–H groups in total. The first kappa shape index (κ1) is 17.6. The van der Waals surface area contributed by atoms with E-state index in [1.54, 1.807) is 18.2 Å². The predicted octanol–water partition coefficient (Wildman–Crippen LogP) is 6.04. The molecule has 2 aromatic rings. The van der Waals surface area contributed by atoms with Gasteiger partial charge in [0.05, 0.1) is 10.0 Å². The van der Waals surface area contributed by atoms with Gasteiger partial charge in [-0.05, 0) is 34.7 Å². The normalized spacial score (nSPS) is 11.2. The zero-order chi connectivity index (χ0) is 17.0. The molecular formula is C18H19Cl2NO2. The van der Waals surface area contributed by atoms with E-state index in [1.807, 2.05) is 12.1 Å². The molecule has 0 aliphatic heterocycles. The molecule has 0 spiro atoms. The Bertz CT molecular complexity index is 691. The summed E-state index contributed by atoms with van der Waals surface area (Å²) in [5.41, 5.74) is 2.81. The van der Waals surface area contributed by atoms with Gasteiger partial charge >= 0.3 is 6.09 Å². The highest BCUT2D eigenvalue weighted by Gasteiger charge is 2.13. The van der Waals surface area contributed by atoms with Crippen LogP contribution in [0.25, 0.3) is 0 Å². The largest absolute Gasteiger partial charge is 0.444 e. The maximum absolute atomic E-state index is 11.8. The quantitative estimate of drug-likeness (QED) is 0.731. The summed E-state index contributed by atoms with van der Waals surface area (Å²) in [7, 11) is 0. The Morgan fingerprint density at radius 3 is 2.26 bits per heavy atom. The molecule has 23 heavy (non-hydrogen) atoms. The second kappa shape index (κ2) is 7.24. The van der Waals surface area contributed by atoms with Crippen molar-refractivity contribution in [2.24, 2.45) is 0 Å². The lowest BCUT2D eigenvalue weighted by molar-refractivity contribution is 0.155. The molecule has 0 aromatic heterocycles. The van der Waals surface area contributed by atoms with E-state index in [-0.39, 0.29) is 12.0 Å². The third kappa shape index (κ3) is 5.15. The molecule has 0 heterocycles. The minimum atomic E-state index is -0.539. The minimum absolute atomic E-state index is 0.102. The Balaban J connectivity index is 1.90. The highest BCUT2D eigenvalue weighted by atomic mass is 35.5. The summed E-state index contributed by atoms with van der Waals surface area (Å²) in [6.45, 7) is 6.67. The number of halogens is 2. The molecule has 0 aliphatic carbocycles. The number of amides is 1. The average molecular weight is 352 g/mol. The maximum atomic E-state index is 11.8. The zero-order valence-electron chi connectivity index (χ0n) is 13.3. The van der Waals surface area contributed by atoms with Crippen LogP contribution in [0.4, 0.5) is 10.5 Å². The number of carbonyl (C=O) groups is 1. The van der Waals surface area contributed by atoms with E-state index in [2.05, 4.69) is 38.2 Å². The van der Waals surface area contributed by atoms with Crippen molar-refractivity contribution in [3.63, 3.8) is 0 Å². The van der Waals surface area contributed by atoms with Crippen LogP contribution in [0.1, 0.15) is 31.9 Å². The van der Waals surface area contributed by atoms with Crippen LogP contribution in [0.3, 0.4) is 0 Å². The van der Waals surface area contributed by atoms with Gasteiger partial charge in [-0.1, -0.05) is 68.2 Å². The number of carbonyl (C=O) groups excluding carboxylic acids is 1. The lowest BCUT2D eigenvalue weighted by atomic mass is 9.87. The molecule has 122 valence electrons. The first-order valence-electron chi connectivity index (χ1n) is 7.24. The first-order chi connectivity index (χ1) is 10.8. The predicted molar refractivity (Wildman–Crippen MR) is 95.4 cm³/mol. The molecule has 0 bridgehead atoms. The third-order valence-electron chi connectivity index (χ3n) is 3.36. The number of rotatable bonds is 3. The van der Waals surface area contributed by atoms with Crippen LogP contribution >= 0.6 is 23.2 Å². The molecule has 0 atom stereocenters.